The summed E-state index contributed by atoms with van der Waals surface area (Å²) in [5, 5.41) is 0.781. The van der Waals surface area contributed by atoms with Crippen LogP contribution in [0.4, 0.5) is 0 Å². The molecule has 100 valence electrons. The monoisotopic (exact) mass is 268 g/mol. The van der Waals surface area contributed by atoms with E-state index in [0.717, 1.165) is 5.30 Å². The average molecular weight is 268 g/mol. The number of primary amides is 1. The first-order chi connectivity index (χ1) is 8.35. The minimum absolute atomic E-state index is 0.00598. The summed E-state index contributed by atoms with van der Waals surface area (Å²) in [7, 11) is -2.63. The van der Waals surface area contributed by atoms with Crippen molar-refractivity contribution in [3.8, 4) is 0 Å². The van der Waals surface area contributed by atoms with Crippen molar-refractivity contribution >= 4 is 18.4 Å². The maximum Gasteiger partial charge on any atom is 0.217 e. The van der Waals surface area contributed by atoms with Gasteiger partial charge in [0.15, 0.2) is 0 Å². The number of carbonyl (C=O) groups excluding carboxylic acids is 1. The van der Waals surface area contributed by atoms with Gasteiger partial charge in [0, 0.05) is 11.7 Å². The molecule has 0 aliphatic heterocycles. The molecule has 0 saturated heterocycles. The molecule has 0 aromatic heterocycles. The molecule has 3 atom stereocenters. The minimum atomic E-state index is -2.63. The van der Waals surface area contributed by atoms with E-state index in [9.17, 15) is 9.36 Å². The Kier molecular flexibility index (Phi) is 5.12. The predicted octanol–water partition coefficient (Wildman–Crippen LogP) is 1.49. The maximum atomic E-state index is 12.8. The Morgan fingerprint density at radius 1 is 1.33 bits per heavy atom. The van der Waals surface area contributed by atoms with E-state index in [-0.39, 0.29) is 18.2 Å². The van der Waals surface area contributed by atoms with E-state index >= 15 is 0 Å². The molecular formula is C13H21N2O2P. The Morgan fingerprint density at radius 2 is 1.89 bits per heavy atom. The molecule has 4 nitrogen and oxygen atoms in total. The van der Waals surface area contributed by atoms with E-state index in [4.69, 9.17) is 11.5 Å². The summed E-state index contributed by atoms with van der Waals surface area (Å²) in [4.78, 5) is 10.8. The topological polar surface area (TPSA) is 86.2 Å². The number of amides is 1. The molecule has 4 N–H and O–H groups in total. The maximum absolute atomic E-state index is 12.8. The second-order valence-corrected chi connectivity index (χ2v) is 7.89. The van der Waals surface area contributed by atoms with E-state index in [2.05, 4.69) is 0 Å². The fraction of sp³-hybridized carbons (Fsp3) is 0.462. The van der Waals surface area contributed by atoms with Crippen LogP contribution in [0.25, 0.3) is 0 Å². The van der Waals surface area contributed by atoms with Crippen LogP contribution in [0, 0.1) is 5.92 Å². The lowest BCUT2D eigenvalue weighted by Gasteiger charge is -2.26. The second-order valence-electron chi connectivity index (χ2n) is 4.80. The van der Waals surface area contributed by atoms with E-state index in [0.29, 0.717) is 6.42 Å². The number of hydrogen-bond acceptors (Lipinski definition) is 3. The van der Waals surface area contributed by atoms with Gasteiger partial charge < -0.3 is 16.0 Å². The van der Waals surface area contributed by atoms with Crippen molar-refractivity contribution in [3.63, 3.8) is 0 Å². The molecule has 0 bridgehead atoms. The van der Waals surface area contributed by atoms with Crippen molar-refractivity contribution in [1.29, 1.82) is 0 Å². The van der Waals surface area contributed by atoms with Crippen LogP contribution in [0.3, 0.4) is 0 Å². The summed E-state index contributed by atoms with van der Waals surface area (Å²) in [5.41, 5.74) is 11.2. The predicted molar refractivity (Wildman–Crippen MR) is 75.2 cm³/mol. The summed E-state index contributed by atoms with van der Waals surface area (Å²) >= 11 is 0. The average Bonchev–Trinajstić information content (AvgIpc) is 2.36. The molecule has 0 aliphatic carbocycles. The van der Waals surface area contributed by atoms with Crippen LogP contribution in [-0.4, -0.2) is 18.4 Å². The zero-order valence-electron chi connectivity index (χ0n) is 10.9. The van der Waals surface area contributed by atoms with Crippen LogP contribution >= 0.6 is 7.14 Å². The molecular weight excluding hydrogens is 247 g/mol. The Bertz CT molecular complexity index is 448. The third kappa shape index (κ3) is 3.69. The molecule has 1 amide bonds. The molecule has 0 heterocycles. The first kappa shape index (κ1) is 14.9. The third-order valence-electron chi connectivity index (χ3n) is 3.27. The van der Waals surface area contributed by atoms with Gasteiger partial charge in [0.1, 0.15) is 7.14 Å². The van der Waals surface area contributed by atoms with Crippen molar-refractivity contribution in [3.05, 3.63) is 30.3 Å². The Balaban J connectivity index is 2.79. The van der Waals surface area contributed by atoms with Crippen molar-refractivity contribution in [2.45, 2.75) is 25.5 Å². The number of rotatable bonds is 6. The highest BCUT2D eigenvalue weighted by atomic mass is 31.2. The minimum Gasteiger partial charge on any atom is -0.370 e. The molecule has 0 fully saturated rings. The van der Waals surface area contributed by atoms with Crippen LogP contribution in [0.1, 0.15) is 19.8 Å². The summed E-state index contributed by atoms with van der Waals surface area (Å²) < 4.78 is 12.8. The van der Waals surface area contributed by atoms with Crippen LogP contribution in [0.5, 0.6) is 0 Å². The Hall–Kier alpha value is -1.12. The van der Waals surface area contributed by atoms with Gasteiger partial charge in [0.2, 0.25) is 5.91 Å². The van der Waals surface area contributed by atoms with Gasteiger partial charge in [-0.1, -0.05) is 37.3 Å². The molecule has 2 unspecified atom stereocenters. The van der Waals surface area contributed by atoms with Crippen molar-refractivity contribution in [2.75, 3.05) is 6.66 Å². The van der Waals surface area contributed by atoms with Gasteiger partial charge in [0.05, 0.1) is 5.78 Å². The van der Waals surface area contributed by atoms with Crippen LogP contribution in [0.2, 0.25) is 0 Å². The normalized spacial score (nSPS) is 17.7. The van der Waals surface area contributed by atoms with Gasteiger partial charge in [0.25, 0.3) is 0 Å². The highest BCUT2D eigenvalue weighted by Crippen LogP contribution is 2.46. The van der Waals surface area contributed by atoms with E-state index < -0.39 is 12.9 Å². The lowest BCUT2D eigenvalue weighted by atomic mass is 10.1. The Morgan fingerprint density at radius 3 is 2.39 bits per heavy atom. The highest BCUT2D eigenvalue weighted by molar-refractivity contribution is 7.71. The first-order valence-corrected chi connectivity index (χ1v) is 8.24. The van der Waals surface area contributed by atoms with Crippen LogP contribution < -0.4 is 16.8 Å². The zero-order valence-corrected chi connectivity index (χ0v) is 11.8. The standard InChI is InChI=1S/C13H21N2O2P/c1-10(8-9-12(14)16)13(15)18(2,17)11-6-4-3-5-7-11/h3-7,10,13H,8-9,15H2,1-2H3,(H2,14,16)/t10?,13?,18-/m0/s1. The number of carbonyl (C=O) groups is 1. The summed E-state index contributed by atoms with van der Waals surface area (Å²) in [6, 6.07) is 9.26. The van der Waals surface area contributed by atoms with Gasteiger partial charge >= 0.3 is 0 Å². The molecule has 0 aliphatic rings. The largest absolute Gasteiger partial charge is 0.370 e. The van der Waals surface area contributed by atoms with Gasteiger partial charge in [-0.3, -0.25) is 4.79 Å². The summed E-state index contributed by atoms with van der Waals surface area (Å²) in [5.74, 6) is -0.799. The quantitative estimate of drug-likeness (QED) is 0.766. The fourth-order valence-electron chi connectivity index (χ4n) is 1.92. The number of hydrogen-bond donors (Lipinski definition) is 2. The zero-order chi connectivity index (χ0) is 13.8. The highest BCUT2D eigenvalue weighted by Gasteiger charge is 2.30. The van der Waals surface area contributed by atoms with Crippen LogP contribution in [-0.2, 0) is 9.36 Å². The second kappa shape index (κ2) is 6.17. The van der Waals surface area contributed by atoms with Crippen LogP contribution in [0.15, 0.2) is 30.3 Å². The number of nitrogens with two attached hydrogens (primary N) is 2. The van der Waals surface area contributed by atoms with E-state index in [1.807, 2.05) is 37.3 Å². The lowest BCUT2D eigenvalue weighted by molar-refractivity contribution is -0.118. The summed E-state index contributed by atoms with van der Waals surface area (Å²) in [6.07, 6.45) is 0.852. The molecule has 18 heavy (non-hydrogen) atoms. The Labute approximate surface area is 108 Å². The van der Waals surface area contributed by atoms with E-state index in [1.54, 1.807) is 6.66 Å². The van der Waals surface area contributed by atoms with Gasteiger partial charge in [-0.25, -0.2) is 0 Å². The lowest BCUT2D eigenvalue weighted by Crippen LogP contribution is -2.32. The molecule has 1 rings (SSSR count). The van der Waals surface area contributed by atoms with Crippen molar-refractivity contribution in [1.82, 2.24) is 0 Å². The molecule has 0 radical (unpaired) electrons. The first-order valence-electron chi connectivity index (χ1n) is 6.02. The molecule has 1 aromatic rings. The smallest absolute Gasteiger partial charge is 0.217 e. The van der Waals surface area contributed by atoms with Crippen molar-refractivity contribution in [2.24, 2.45) is 17.4 Å². The number of benzene rings is 1. The van der Waals surface area contributed by atoms with Gasteiger partial charge in [-0.2, -0.15) is 0 Å². The SMILES string of the molecule is CC(CCC(N)=O)C(N)[P@@](C)(=O)c1ccccc1. The molecule has 0 spiro atoms. The van der Waals surface area contributed by atoms with Crippen molar-refractivity contribution < 1.29 is 9.36 Å². The summed E-state index contributed by atoms with van der Waals surface area (Å²) in [6.45, 7) is 3.61. The van der Waals surface area contributed by atoms with Gasteiger partial charge in [-0.05, 0) is 19.0 Å². The molecule has 5 heteroatoms. The molecule has 0 saturated carbocycles. The van der Waals surface area contributed by atoms with Gasteiger partial charge in [-0.15, -0.1) is 0 Å². The van der Waals surface area contributed by atoms with E-state index in [1.165, 1.54) is 0 Å². The third-order valence-corrected chi connectivity index (χ3v) is 6.24. The fourth-order valence-corrected chi connectivity index (χ4v) is 4.15. The molecule has 1 aromatic carbocycles.